The number of hydrogen-bond acceptors (Lipinski definition) is 3. The average molecular weight is 389 g/mol. The SMILES string of the molecule is O=[N+]([O-])c1ccc(Cl)c(CNc2ccccc2I)c1. The third kappa shape index (κ3) is 3.57. The number of non-ortho nitro benzene ring substituents is 1. The van der Waals surface area contributed by atoms with E-state index in [4.69, 9.17) is 11.6 Å². The molecule has 0 unspecified atom stereocenters. The van der Waals surface area contributed by atoms with Gasteiger partial charge in [0.25, 0.3) is 5.69 Å². The molecule has 6 heteroatoms. The predicted octanol–water partition coefficient (Wildman–Crippen LogP) is 4.46. The monoisotopic (exact) mass is 388 g/mol. The number of rotatable bonds is 4. The van der Waals surface area contributed by atoms with Crippen molar-refractivity contribution in [2.75, 3.05) is 5.32 Å². The summed E-state index contributed by atoms with van der Waals surface area (Å²) >= 11 is 8.27. The van der Waals surface area contributed by atoms with Crippen LogP contribution in [0, 0.1) is 13.7 Å². The summed E-state index contributed by atoms with van der Waals surface area (Å²) in [6.45, 7) is 0.445. The topological polar surface area (TPSA) is 55.2 Å². The fourth-order valence-corrected chi connectivity index (χ4v) is 2.37. The minimum Gasteiger partial charge on any atom is -0.380 e. The van der Waals surface area contributed by atoms with E-state index in [-0.39, 0.29) is 5.69 Å². The van der Waals surface area contributed by atoms with Crippen LogP contribution in [0.3, 0.4) is 0 Å². The number of nitrogens with zero attached hydrogens (tertiary/aromatic N) is 1. The van der Waals surface area contributed by atoms with E-state index in [2.05, 4.69) is 27.9 Å². The molecule has 0 fully saturated rings. The molecule has 0 saturated carbocycles. The summed E-state index contributed by atoms with van der Waals surface area (Å²) in [5.74, 6) is 0. The molecule has 2 rings (SSSR count). The lowest BCUT2D eigenvalue weighted by Gasteiger charge is -2.09. The second-order valence-corrected chi connectivity index (χ2v) is 5.44. The van der Waals surface area contributed by atoms with Crippen molar-refractivity contribution >= 4 is 45.6 Å². The standard InChI is InChI=1S/C13H10ClIN2O2/c14-11-6-5-10(17(18)19)7-9(11)8-16-13-4-2-1-3-12(13)15/h1-7,16H,8H2. The Morgan fingerprint density at radius 2 is 2.00 bits per heavy atom. The highest BCUT2D eigenvalue weighted by molar-refractivity contribution is 14.1. The van der Waals surface area contributed by atoms with Gasteiger partial charge in [-0.3, -0.25) is 10.1 Å². The summed E-state index contributed by atoms with van der Waals surface area (Å²) in [6, 6.07) is 12.3. The Labute approximate surface area is 129 Å². The zero-order valence-corrected chi connectivity index (χ0v) is 12.7. The Hall–Kier alpha value is -1.34. The number of benzene rings is 2. The molecule has 4 nitrogen and oxygen atoms in total. The lowest BCUT2D eigenvalue weighted by molar-refractivity contribution is -0.384. The molecule has 0 atom stereocenters. The molecule has 98 valence electrons. The van der Waals surface area contributed by atoms with Crippen molar-refractivity contribution in [1.29, 1.82) is 0 Å². The van der Waals surface area contributed by atoms with Gasteiger partial charge in [-0.1, -0.05) is 23.7 Å². The molecule has 0 aliphatic carbocycles. The van der Waals surface area contributed by atoms with Gasteiger partial charge in [-0.15, -0.1) is 0 Å². The van der Waals surface area contributed by atoms with Crippen LogP contribution in [-0.2, 0) is 6.54 Å². The van der Waals surface area contributed by atoms with Crippen molar-refractivity contribution in [3.8, 4) is 0 Å². The second-order valence-electron chi connectivity index (χ2n) is 3.87. The number of halogens is 2. The van der Waals surface area contributed by atoms with Crippen LogP contribution in [0.1, 0.15) is 5.56 Å². The van der Waals surface area contributed by atoms with Gasteiger partial charge in [0.05, 0.1) is 4.92 Å². The molecule has 2 aromatic carbocycles. The number of anilines is 1. The van der Waals surface area contributed by atoms with Crippen LogP contribution in [0.5, 0.6) is 0 Å². The number of para-hydroxylation sites is 1. The first-order valence-electron chi connectivity index (χ1n) is 5.49. The fourth-order valence-electron chi connectivity index (χ4n) is 1.61. The highest BCUT2D eigenvalue weighted by atomic mass is 127. The highest BCUT2D eigenvalue weighted by Crippen LogP contribution is 2.24. The van der Waals surface area contributed by atoms with Gasteiger partial charge in [0.1, 0.15) is 0 Å². The third-order valence-electron chi connectivity index (χ3n) is 2.58. The molecular formula is C13H10ClIN2O2. The van der Waals surface area contributed by atoms with Crippen LogP contribution in [0.25, 0.3) is 0 Å². The van der Waals surface area contributed by atoms with Gasteiger partial charge in [-0.05, 0) is 46.4 Å². The highest BCUT2D eigenvalue weighted by Gasteiger charge is 2.09. The van der Waals surface area contributed by atoms with E-state index in [1.165, 1.54) is 12.1 Å². The molecule has 0 spiro atoms. The summed E-state index contributed by atoms with van der Waals surface area (Å²) in [6.07, 6.45) is 0. The first-order chi connectivity index (χ1) is 9.08. The second kappa shape index (κ2) is 6.21. The Bertz CT molecular complexity index is 619. The summed E-state index contributed by atoms with van der Waals surface area (Å²) in [4.78, 5) is 10.3. The fraction of sp³-hybridized carbons (Fsp3) is 0.0769. The normalized spacial score (nSPS) is 10.2. The third-order valence-corrected chi connectivity index (χ3v) is 3.89. The Morgan fingerprint density at radius 1 is 1.26 bits per heavy atom. The molecule has 0 bridgehead atoms. The lowest BCUT2D eigenvalue weighted by Crippen LogP contribution is -2.02. The van der Waals surface area contributed by atoms with E-state index in [9.17, 15) is 10.1 Å². The molecule has 0 amide bonds. The zero-order chi connectivity index (χ0) is 13.8. The largest absolute Gasteiger partial charge is 0.380 e. The Kier molecular flexibility index (Phi) is 4.60. The van der Waals surface area contributed by atoms with Gasteiger partial charge in [-0.25, -0.2) is 0 Å². The number of hydrogen-bond donors (Lipinski definition) is 1. The molecule has 0 aliphatic rings. The van der Waals surface area contributed by atoms with E-state index < -0.39 is 4.92 Å². The van der Waals surface area contributed by atoms with Crippen molar-refractivity contribution in [2.24, 2.45) is 0 Å². The van der Waals surface area contributed by atoms with E-state index in [0.717, 1.165) is 9.26 Å². The molecule has 2 aromatic rings. The number of nitro groups is 1. The summed E-state index contributed by atoms with van der Waals surface area (Å²) < 4.78 is 1.08. The molecule has 1 N–H and O–H groups in total. The van der Waals surface area contributed by atoms with Crippen LogP contribution in [-0.4, -0.2) is 4.92 Å². The summed E-state index contributed by atoms with van der Waals surface area (Å²) in [5, 5.41) is 14.5. The minimum atomic E-state index is -0.425. The van der Waals surface area contributed by atoms with E-state index in [1.54, 1.807) is 6.07 Å². The minimum absolute atomic E-state index is 0.0453. The van der Waals surface area contributed by atoms with E-state index >= 15 is 0 Å². The first kappa shape index (κ1) is 14.1. The van der Waals surface area contributed by atoms with Crippen LogP contribution in [0.15, 0.2) is 42.5 Å². The predicted molar refractivity (Wildman–Crippen MR) is 84.6 cm³/mol. The lowest BCUT2D eigenvalue weighted by atomic mass is 10.2. The smallest absolute Gasteiger partial charge is 0.269 e. The van der Waals surface area contributed by atoms with Crippen molar-refractivity contribution in [1.82, 2.24) is 0 Å². The van der Waals surface area contributed by atoms with Gasteiger partial charge in [0.2, 0.25) is 0 Å². The maximum absolute atomic E-state index is 10.7. The van der Waals surface area contributed by atoms with Gasteiger partial charge in [0.15, 0.2) is 0 Å². The van der Waals surface area contributed by atoms with Crippen LogP contribution >= 0.6 is 34.2 Å². The van der Waals surface area contributed by atoms with Crippen LogP contribution < -0.4 is 5.32 Å². The molecule has 0 saturated heterocycles. The molecule has 0 aliphatic heterocycles. The van der Waals surface area contributed by atoms with Gasteiger partial charge < -0.3 is 5.32 Å². The number of nitro benzene ring substituents is 1. The molecule has 0 aromatic heterocycles. The van der Waals surface area contributed by atoms with Crippen molar-refractivity contribution in [2.45, 2.75) is 6.54 Å². The summed E-state index contributed by atoms with van der Waals surface area (Å²) in [5.41, 5.74) is 1.73. The van der Waals surface area contributed by atoms with Crippen LogP contribution in [0.2, 0.25) is 5.02 Å². The van der Waals surface area contributed by atoms with Crippen LogP contribution in [0.4, 0.5) is 11.4 Å². The van der Waals surface area contributed by atoms with Gasteiger partial charge in [0, 0.05) is 33.0 Å². The maximum Gasteiger partial charge on any atom is 0.269 e. The Morgan fingerprint density at radius 3 is 2.68 bits per heavy atom. The number of nitrogens with one attached hydrogen (secondary N) is 1. The molecule has 19 heavy (non-hydrogen) atoms. The van der Waals surface area contributed by atoms with Gasteiger partial charge in [-0.2, -0.15) is 0 Å². The summed E-state index contributed by atoms with van der Waals surface area (Å²) in [7, 11) is 0. The molecule has 0 heterocycles. The van der Waals surface area contributed by atoms with E-state index in [1.807, 2.05) is 24.3 Å². The maximum atomic E-state index is 10.7. The quantitative estimate of drug-likeness (QED) is 0.478. The molecule has 0 radical (unpaired) electrons. The van der Waals surface area contributed by atoms with Gasteiger partial charge >= 0.3 is 0 Å². The Balaban J connectivity index is 2.17. The van der Waals surface area contributed by atoms with E-state index in [0.29, 0.717) is 17.1 Å². The van der Waals surface area contributed by atoms with Crippen molar-refractivity contribution in [3.05, 3.63) is 66.7 Å². The zero-order valence-electron chi connectivity index (χ0n) is 9.77. The first-order valence-corrected chi connectivity index (χ1v) is 6.95. The van der Waals surface area contributed by atoms with Crippen molar-refractivity contribution < 1.29 is 4.92 Å². The van der Waals surface area contributed by atoms with Crippen molar-refractivity contribution in [3.63, 3.8) is 0 Å². The average Bonchev–Trinajstić information content (AvgIpc) is 2.39. The molecular weight excluding hydrogens is 379 g/mol.